The van der Waals surface area contributed by atoms with Crippen LogP contribution in [0.25, 0.3) is 0 Å². The topological polar surface area (TPSA) is 91.9 Å². The lowest BCUT2D eigenvalue weighted by Crippen LogP contribution is -2.51. The molecule has 8 heteroatoms. The zero-order valence-corrected chi connectivity index (χ0v) is 17.4. The van der Waals surface area contributed by atoms with Crippen LogP contribution in [0, 0.1) is 0 Å². The van der Waals surface area contributed by atoms with Crippen molar-refractivity contribution in [1.29, 1.82) is 0 Å². The van der Waals surface area contributed by atoms with Crippen molar-refractivity contribution in [2.24, 2.45) is 0 Å². The predicted octanol–water partition coefficient (Wildman–Crippen LogP) is 2.43. The zero-order valence-electron chi connectivity index (χ0n) is 17.4. The van der Waals surface area contributed by atoms with Gasteiger partial charge in [-0.25, -0.2) is 9.59 Å². The van der Waals surface area contributed by atoms with Crippen LogP contribution in [0.1, 0.15) is 44.4 Å². The lowest BCUT2D eigenvalue weighted by Gasteiger charge is -2.38. The zero-order chi connectivity index (χ0) is 20.7. The second-order valence-corrected chi connectivity index (χ2v) is 7.11. The monoisotopic (exact) mass is 392 g/mol. The van der Waals surface area contributed by atoms with E-state index >= 15 is 0 Å². The van der Waals surface area contributed by atoms with E-state index in [1.54, 1.807) is 19.1 Å². The van der Waals surface area contributed by atoms with Gasteiger partial charge in [-0.1, -0.05) is 6.92 Å². The molecule has 0 unspecified atom stereocenters. The summed E-state index contributed by atoms with van der Waals surface area (Å²) in [6, 6.07) is 3.21. The largest absolute Gasteiger partial charge is 0.493 e. The van der Waals surface area contributed by atoms with Crippen molar-refractivity contribution in [3.8, 4) is 11.5 Å². The van der Waals surface area contributed by atoms with Gasteiger partial charge < -0.3 is 30.3 Å². The second-order valence-electron chi connectivity index (χ2n) is 7.11. The van der Waals surface area contributed by atoms with Crippen molar-refractivity contribution in [2.45, 2.75) is 45.7 Å². The number of benzene rings is 1. The number of carbonyl (C=O) groups excluding carboxylic acids is 2. The van der Waals surface area contributed by atoms with E-state index in [9.17, 15) is 9.59 Å². The minimum atomic E-state index is -0.297. The molecular weight excluding hydrogens is 360 g/mol. The minimum Gasteiger partial charge on any atom is -0.493 e. The molecule has 8 nitrogen and oxygen atoms in total. The van der Waals surface area contributed by atoms with Gasteiger partial charge in [-0.15, -0.1) is 0 Å². The van der Waals surface area contributed by atoms with Crippen LogP contribution < -0.4 is 25.4 Å². The molecule has 1 atom stereocenters. The van der Waals surface area contributed by atoms with Crippen LogP contribution in [-0.2, 0) is 6.42 Å². The molecule has 3 N–H and O–H groups in total. The van der Waals surface area contributed by atoms with Crippen LogP contribution >= 0.6 is 0 Å². The fraction of sp³-hybridized carbons (Fsp3) is 0.600. The Kier molecular flexibility index (Phi) is 7.78. The normalized spacial score (nSPS) is 15.6. The molecule has 0 aromatic heterocycles. The molecule has 2 rings (SSSR count). The molecule has 0 fully saturated rings. The molecule has 1 heterocycles. The third-order valence-electron chi connectivity index (χ3n) is 4.67. The van der Waals surface area contributed by atoms with Crippen LogP contribution in [0.4, 0.5) is 9.59 Å². The van der Waals surface area contributed by atoms with Crippen molar-refractivity contribution in [3.05, 3.63) is 23.3 Å². The van der Waals surface area contributed by atoms with Gasteiger partial charge in [0, 0.05) is 25.7 Å². The number of amides is 4. The van der Waals surface area contributed by atoms with Crippen molar-refractivity contribution in [3.63, 3.8) is 0 Å². The van der Waals surface area contributed by atoms with Gasteiger partial charge in [0.05, 0.1) is 20.3 Å². The summed E-state index contributed by atoms with van der Waals surface area (Å²) in [6.07, 6.45) is 1.57. The van der Waals surface area contributed by atoms with E-state index in [2.05, 4.69) is 16.0 Å². The quantitative estimate of drug-likeness (QED) is 0.665. The second kappa shape index (κ2) is 10.1. The number of rotatable bonds is 7. The summed E-state index contributed by atoms with van der Waals surface area (Å²) < 4.78 is 10.9. The van der Waals surface area contributed by atoms with Gasteiger partial charge in [-0.3, -0.25) is 0 Å². The maximum atomic E-state index is 12.8. The number of nitrogens with zero attached hydrogens (tertiary/aromatic N) is 1. The highest BCUT2D eigenvalue weighted by atomic mass is 16.5. The first kappa shape index (κ1) is 21.7. The first-order valence-electron chi connectivity index (χ1n) is 9.74. The first-order valence-corrected chi connectivity index (χ1v) is 9.74. The summed E-state index contributed by atoms with van der Waals surface area (Å²) in [5, 5.41) is 8.64. The molecule has 4 amide bonds. The predicted molar refractivity (Wildman–Crippen MR) is 108 cm³/mol. The molecule has 1 aliphatic heterocycles. The Hall–Kier alpha value is -2.64. The molecule has 0 spiro atoms. The Morgan fingerprint density at radius 2 is 1.86 bits per heavy atom. The Bertz CT molecular complexity index is 693. The lowest BCUT2D eigenvalue weighted by molar-refractivity contribution is 0.164. The van der Waals surface area contributed by atoms with Crippen LogP contribution in [0.3, 0.4) is 0 Å². The molecule has 28 heavy (non-hydrogen) atoms. The standard InChI is InChI=1S/C20H32N4O4/c1-6-8-21-19(25)22-12-16-15-11-18(28-5)17(27-4)10-14(15)7-9-24(16)20(26)23-13(2)3/h10-11,13,16H,6-9,12H2,1-5H3,(H,23,26)(H2,21,22,25)/t16-/m1/s1. The molecule has 0 saturated carbocycles. The Morgan fingerprint density at radius 3 is 2.46 bits per heavy atom. The molecule has 0 aliphatic carbocycles. The van der Waals surface area contributed by atoms with E-state index in [1.807, 2.05) is 32.9 Å². The van der Waals surface area contributed by atoms with Gasteiger partial charge >= 0.3 is 12.1 Å². The van der Waals surface area contributed by atoms with Crippen molar-refractivity contribution >= 4 is 12.1 Å². The van der Waals surface area contributed by atoms with Crippen LogP contribution in [0.15, 0.2) is 12.1 Å². The number of fused-ring (bicyclic) bond motifs is 1. The van der Waals surface area contributed by atoms with Crippen LogP contribution in [-0.4, -0.2) is 56.9 Å². The Balaban J connectivity index is 2.31. The number of carbonyl (C=O) groups is 2. The molecular formula is C20H32N4O4. The van der Waals surface area contributed by atoms with E-state index in [4.69, 9.17) is 9.47 Å². The summed E-state index contributed by atoms with van der Waals surface area (Å²) in [7, 11) is 3.19. The van der Waals surface area contributed by atoms with Crippen LogP contribution in [0.2, 0.25) is 0 Å². The summed E-state index contributed by atoms with van der Waals surface area (Å²) in [5.74, 6) is 1.27. The summed E-state index contributed by atoms with van der Waals surface area (Å²) in [4.78, 5) is 26.6. The van der Waals surface area contributed by atoms with Gasteiger partial charge in [0.25, 0.3) is 0 Å². The fourth-order valence-electron chi connectivity index (χ4n) is 3.31. The SMILES string of the molecule is CCCNC(=O)NC[C@@H]1c2cc(OC)c(OC)cc2CCN1C(=O)NC(C)C. The molecule has 0 bridgehead atoms. The van der Waals surface area contributed by atoms with E-state index in [-0.39, 0.29) is 24.1 Å². The number of hydrogen-bond donors (Lipinski definition) is 3. The highest BCUT2D eigenvalue weighted by Gasteiger charge is 2.32. The van der Waals surface area contributed by atoms with Gasteiger partial charge in [0.1, 0.15) is 0 Å². The number of urea groups is 2. The Labute approximate surface area is 166 Å². The maximum absolute atomic E-state index is 12.8. The molecule has 0 saturated heterocycles. The fourth-order valence-corrected chi connectivity index (χ4v) is 3.31. The average Bonchev–Trinajstić information content (AvgIpc) is 2.68. The molecule has 1 aromatic rings. The Morgan fingerprint density at radius 1 is 1.18 bits per heavy atom. The molecule has 0 radical (unpaired) electrons. The highest BCUT2D eigenvalue weighted by Crippen LogP contribution is 2.38. The highest BCUT2D eigenvalue weighted by molar-refractivity contribution is 5.76. The van der Waals surface area contributed by atoms with Gasteiger partial charge in [0.2, 0.25) is 0 Å². The van der Waals surface area contributed by atoms with E-state index in [1.165, 1.54) is 0 Å². The lowest BCUT2D eigenvalue weighted by atomic mass is 9.92. The average molecular weight is 393 g/mol. The van der Waals surface area contributed by atoms with E-state index in [0.717, 1.165) is 17.5 Å². The third-order valence-corrected chi connectivity index (χ3v) is 4.67. The molecule has 1 aliphatic rings. The minimum absolute atomic E-state index is 0.0285. The van der Waals surface area contributed by atoms with Gasteiger partial charge in [-0.05, 0) is 49.9 Å². The van der Waals surface area contributed by atoms with Crippen molar-refractivity contribution in [1.82, 2.24) is 20.9 Å². The first-order chi connectivity index (χ1) is 13.4. The van der Waals surface area contributed by atoms with Gasteiger partial charge in [-0.2, -0.15) is 0 Å². The number of methoxy groups -OCH3 is 2. The smallest absolute Gasteiger partial charge is 0.318 e. The maximum Gasteiger partial charge on any atom is 0.318 e. The van der Waals surface area contributed by atoms with E-state index in [0.29, 0.717) is 37.6 Å². The van der Waals surface area contributed by atoms with Gasteiger partial charge in [0.15, 0.2) is 11.5 Å². The number of ether oxygens (including phenoxy) is 2. The number of nitrogens with one attached hydrogen (secondary N) is 3. The third kappa shape index (κ3) is 5.21. The molecule has 156 valence electrons. The molecule has 1 aromatic carbocycles. The summed E-state index contributed by atoms with van der Waals surface area (Å²) in [5.41, 5.74) is 2.05. The summed E-state index contributed by atoms with van der Waals surface area (Å²) >= 11 is 0. The summed E-state index contributed by atoms with van der Waals surface area (Å²) in [6.45, 7) is 7.32. The van der Waals surface area contributed by atoms with Crippen molar-refractivity contribution in [2.75, 3.05) is 33.9 Å². The number of hydrogen-bond acceptors (Lipinski definition) is 4. The van der Waals surface area contributed by atoms with Crippen LogP contribution in [0.5, 0.6) is 11.5 Å². The van der Waals surface area contributed by atoms with Crippen molar-refractivity contribution < 1.29 is 19.1 Å². The van der Waals surface area contributed by atoms with E-state index < -0.39 is 0 Å².